The molecule has 7 nitrogen and oxygen atoms in total. The lowest BCUT2D eigenvalue weighted by Crippen LogP contribution is -2.58. The smallest absolute Gasteiger partial charge is 0.417 e. The molecule has 0 radical (unpaired) electrons. The maximum absolute atomic E-state index is 13.1. The maximum atomic E-state index is 13.1. The van der Waals surface area contributed by atoms with Crippen LogP contribution in [0.4, 0.5) is 22.8 Å². The number of hydrogen-bond donors (Lipinski definition) is 0. The van der Waals surface area contributed by atoms with Crippen LogP contribution >= 0.6 is 23.4 Å². The first-order valence-corrected chi connectivity index (χ1v) is 13.1. The van der Waals surface area contributed by atoms with Crippen LogP contribution in [0.5, 0.6) is 0 Å². The second-order valence-electron chi connectivity index (χ2n) is 9.50. The van der Waals surface area contributed by atoms with Gasteiger partial charge >= 0.3 is 18.4 Å². The van der Waals surface area contributed by atoms with Crippen molar-refractivity contribution in [3.05, 3.63) is 64.4 Å². The normalized spacial score (nSPS) is 16.5. The predicted molar refractivity (Wildman–Crippen MR) is 135 cm³/mol. The molecule has 202 valence electrons. The summed E-state index contributed by atoms with van der Waals surface area (Å²) in [6.45, 7) is 6.07. The van der Waals surface area contributed by atoms with E-state index in [-0.39, 0.29) is 42.7 Å². The summed E-state index contributed by atoms with van der Waals surface area (Å²) >= 11 is 7.32. The van der Waals surface area contributed by atoms with Crippen LogP contribution in [0.1, 0.15) is 37.5 Å². The van der Waals surface area contributed by atoms with Gasteiger partial charge < -0.3 is 19.3 Å². The Morgan fingerprint density at radius 2 is 1.84 bits per heavy atom. The highest BCUT2D eigenvalue weighted by atomic mass is 35.5. The number of amides is 2. The number of ether oxygens (including phenoxy) is 2. The van der Waals surface area contributed by atoms with Crippen molar-refractivity contribution in [3.63, 3.8) is 0 Å². The van der Waals surface area contributed by atoms with Gasteiger partial charge in [0.05, 0.1) is 11.6 Å². The van der Waals surface area contributed by atoms with E-state index in [1.165, 1.54) is 16.7 Å². The Kier molecular flexibility index (Phi) is 9.57. The lowest BCUT2D eigenvalue weighted by Gasteiger charge is -2.40. The van der Waals surface area contributed by atoms with Crippen LogP contribution in [-0.2, 0) is 28.0 Å². The lowest BCUT2D eigenvalue weighted by atomic mass is 10.2. The molecule has 3 rings (SSSR count). The number of rotatable bonds is 6. The van der Waals surface area contributed by atoms with Crippen molar-refractivity contribution in [2.75, 3.05) is 25.4 Å². The zero-order chi connectivity index (χ0) is 27.2. The van der Waals surface area contributed by atoms with Gasteiger partial charge in [-0.15, -0.1) is 0 Å². The van der Waals surface area contributed by atoms with Gasteiger partial charge in [-0.05, 0) is 38.0 Å². The molecule has 1 atom stereocenters. The van der Waals surface area contributed by atoms with Crippen molar-refractivity contribution in [3.8, 4) is 0 Å². The molecule has 0 bridgehead atoms. The molecule has 12 heteroatoms. The van der Waals surface area contributed by atoms with Gasteiger partial charge in [0.25, 0.3) is 0 Å². The van der Waals surface area contributed by atoms with Crippen LogP contribution in [-0.4, -0.2) is 64.0 Å². The van der Waals surface area contributed by atoms with E-state index >= 15 is 0 Å². The lowest BCUT2D eigenvalue weighted by molar-refractivity contribution is -0.137. The number of carbonyl (C=O) groups is 2. The molecule has 1 fully saturated rings. The second kappa shape index (κ2) is 12.3. The number of thioether (sulfide) groups is 1. The fourth-order valence-electron chi connectivity index (χ4n) is 3.59. The first kappa shape index (κ1) is 28.9. The predicted octanol–water partition coefficient (Wildman–Crippen LogP) is 6.25. The molecular formula is C25H29ClF3N3O4S. The summed E-state index contributed by atoms with van der Waals surface area (Å²) < 4.78 is 50.2. The fraction of sp³-hybridized carbons (Fsp3) is 0.480. The van der Waals surface area contributed by atoms with E-state index in [4.69, 9.17) is 21.1 Å². The Morgan fingerprint density at radius 1 is 1.14 bits per heavy atom. The molecule has 0 spiro atoms. The third kappa shape index (κ3) is 8.70. The van der Waals surface area contributed by atoms with Gasteiger partial charge in [-0.2, -0.15) is 24.9 Å². The van der Waals surface area contributed by atoms with Crippen LogP contribution < -0.4 is 0 Å². The first-order chi connectivity index (χ1) is 17.3. The van der Waals surface area contributed by atoms with E-state index in [9.17, 15) is 22.8 Å². The SMILES string of the molecule is CC(C)(C)OC(=O)N1CCN(C(=O)OCc2ccccc2)[C@@H](CSCc2cc(C(F)(F)F)cnc2Cl)C1. The number of nitrogens with zero attached hydrogens (tertiary/aromatic N) is 3. The van der Waals surface area contributed by atoms with Crippen molar-refractivity contribution in [1.29, 1.82) is 0 Å². The average molecular weight is 560 g/mol. The second-order valence-corrected chi connectivity index (χ2v) is 10.9. The van der Waals surface area contributed by atoms with E-state index < -0.39 is 35.6 Å². The molecule has 37 heavy (non-hydrogen) atoms. The van der Waals surface area contributed by atoms with Gasteiger partial charge in [0.15, 0.2) is 0 Å². The summed E-state index contributed by atoms with van der Waals surface area (Å²) in [5.41, 5.74) is -0.493. The van der Waals surface area contributed by atoms with Crippen molar-refractivity contribution >= 4 is 35.5 Å². The van der Waals surface area contributed by atoms with Crippen LogP contribution in [0, 0.1) is 0 Å². The highest BCUT2D eigenvalue weighted by molar-refractivity contribution is 7.98. The van der Waals surface area contributed by atoms with Crippen LogP contribution in [0.25, 0.3) is 0 Å². The third-order valence-electron chi connectivity index (χ3n) is 5.38. The van der Waals surface area contributed by atoms with E-state index in [2.05, 4.69) is 4.98 Å². The molecule has 1 saturated heterocycles. The van der Waals surface area contributed by atoms with Gasteiger partial charge in [0.1, 0.15) is 17.4 Å². The maximum Gasteiger partial charge on any atom is 0.417 e. The molecule has 2 heterocycles. The number of halogens is 4. The monoisotopic (exact) mass is 559 g/mol. The number of aromatic nitrogens is 1. The first-order valence-electron chi connectivity index (χ1n) is 11.6. The number of carbonyl (C=O) groups excluding carboxylic acids is 2. The summed E-state index contributed by atoms with van der Waals surface area (Å²) in [7, 11) is 0. The van der Waals surface area contributed by atoms with E-state index in [0.29, 0.717) is 11.9 Å². The van der Waals surface area contributed by atoms with Crippen molar-refractivity contribution in [2.45, 2.75) is 51.0 Å². The van der Waals surface area contributed by atoms with Crippen LogP contribution in [0.3, 0.4) is 0 Å². The molecule has 0 N–H and O–H groups in total. The fourth-order valence-corrected chi connectivity index (χ4v) is 4.95. The van der Waals surface area contributed by atoms with Crippen LogP contribution in [0.2, 0.25) is 5.15 Å². The van der Waals surface area contributed by atoms with Gasteiger partial charge in [-0.1, -0.05) is 41.9 Å². The minimum atomic E-state index is -4.53. The summed E-state index contributed by atoms with van der Waals surface area (Å²) in [5, 5.41) is -0.0151. The largest absolute Gasteiger partial charge is 0.445 e. The Labute approximate surface area is 223 Å². The Balaban J connectivity index is 1.69. The summed E-state index contributed by atoms with van der Waals surface area (Å²) in [6.07, 6.45) is -4.86. The van der Waals surface area contributed by atoms with Gasteiger partial charge in [0.2, 0.25) is 0 Å². The number of alkyl halides is 3. The topological polar surface area (TPSA) is 72.0 Å². The minimum Gasteiger partial charge on any atom is -0.445 e. The number of hydrogen-bond acceptors (Lipinski definition) is 6. The van der Waals surface area contributed by atoms with Crippen molar-refractivity contribution in [2.24, 2.45) is 0 Å². The van der Waals surface area contributed by atoms with E-state index in [0.717, 1.165) is 11.6 Å². The van der Waals surface area contributed by atoms with E-state index in [1.54, 1.807) is 25.7 Å². The van der Waals surface area contributed by atoms with Gasteiger partial charge in [0, 0.05) is 37.3 Å². The van der Waals surface area contributed by atoms with Gasteiger partial charge in [-0.3, -0.25) is 0 Å². The minimum absolute atomic E-state index is 0.0151. The highest BCUT2D eigenvalue weighted by Gasteiger charge is 2.35. The molecule has 1 aliphatic rings. The number of piperazine rings is 1. The quantitative estimate of drug-likeness (QED) is 0.390. The molecule has 1 aromatic carbocycles. The third-order valence-corrected chi connectivity index (χ3v) is 6.86. The Bertz CT molecular complexity index is 1080. The Morgan fingerprint density at radius 3 is 2.49 bits per heavy atom. The Hall–Kier alpha value is -2.66. The molecule has 1 aromatic heterocycles. The number of pyridine rings is 1. The van der Waals surface area contributed by atoms with Gasteiger partial charge in [-0.25, -0.2) is 14.6 Å². The summed E-state index contributed by atoms with van der Waals surface area (Å²) in [6, 6.07) is 9.75. The van der Waals surface area contributed by atoms with Crippen LogP contribution in [0.15, 0.2) is 42.6 Å². The van der Waals surface area contributed by atoms with E-state index in [1.807, 2.05) is 30.3 Å². The molecule has 2 aromatic rings. The zero-order valence-corrected chi connectivity index (χ0v) is 22.3. The summed E-state index contributed by atoms with van der Waals surface area (Å²) in [5.74, 6) is 0.470. The molecule has 0 aliphatic carbocycles. The highest BCUT2D eigenvalue weighted by Crippen LogP contribution is 2.32. The average Bonchev–Trinajstić information content (AvgIpc) is 2.82. The van der Waals surface area contributed by atoms with Crippen molar-refractivity contribution < 1.29 is 32.2 Å². The van der Waals surface area contributed by atoms with Crippen molar-refractivity contribution in [1.82, 2.24) is 14.8 Å². The molecule has 1 aliphatic heterocycles. The molecular weight excluding hydrogens is 531 g/mol. The number of benzene rings is 1. The molecule has 0 unspecified atom stereocenters. The summed E-state index contributed by atoms with van der Waals surface area (Å²) in [4.78, 5) is 32.3. The molecule has 0 saturated carbocycles. The zero-order valence-electron chi connectivity index (χ0n) is 20.8. The standard InChI is InChI=1S/C25H29ClF3N3O4S/c1-24(2,3)36-22(33)31-9-10-32(23(34)35-14-17-7-5-4-6-8-17)20(13-31)16-37-15-18-11-19(25(27,28)29)12-30-21(18)26/h4-8,11-12,20H,9-10,13-16H2,1-3H3/t20-/m1/s1. The molecule has 2 amide bonds.